The smallest absolute Gasteiger partial charge is 0.411 e. The summed E-state index contributed by atoms with van der Waals surface area (Å²) >= 11 is 0. The molecule has 4 nitrogen and oxygen atoms in total. The van der Waals surface area contributed by atoms with Crippen LogP contribution in [0.25, 0.3) is 6.08 Å². The fourth-order valence-electron chi connectivity index (χ4n) is 5.42. The molecule has 0 fully saturated rings. The van der Waals surface area contributed by atoms with Crippen molar-refractivity contribution in [3.63, 3.8) is 0 Å². The van der Waals surface area contributed by atoms with Gasteiger partial charge in [-0.25, -0.2) is 4.79 Å². The van der Waals surface area contributed by atoms with E-state index in [1.165, 1.54) is 27.9 Å². The summed E-state index contributed by atoms with van der Waals surface area (Å²) in [6, 6.07) is 26.3. The number of ether oxygens (including phenoxy) is 1. The number of rotatable bonds is 6. The van der Waals surface area contributed by atoms with Crippen molar-refractivity contribution in [3.8, 4) is 0 Å². The molecule has 34 heavy (non-hydrogen) atoms. The molecule has 0 saturated carbocycles. The Morgan fingerprint density at radius 3 is 2.03 bits per heavy atom. The number of hydrogen-bond donors (Lipinski definition) is 1. The maximum Gasteiger partial charge on any atom is 0.411 e. The predicted molar refractivity (Wildman–Crippen MR) is 138 cm³/mol. The summed E-state index contributed by atoms with van der Waals surface area (Å²) in [4.78, 5) is 14.5. The summed E-state index contributed by atoms with van der Waals surface area (Å²) in [6.07, 6.45) is 6.31. The normalized spacial score (nSPS) is 19.0. The highest BCUT2D eigenvalue weighted by Gasteiger charge is 2.34. The van der Waals surface area contributed by atoms with Crippen LogP contribution in [-0.4, -0.2) is 25.8 Å². The molecule has 4 heteroatoms. The average Bonchev–Trinajstić information content (AvgIpc) is 2.89. The van der Waals surface area contributed by atoms with Crippen molar-refractivity contribution in [3.05, 3.63) is 107 Å². The van der Waals surface area contributed by atoms with Gasteiger partial charge in [0.15, 0.2) is 0 Å². The first-order chi connectivity index (χ1) is 16.7. The molecular weight excluding hydrogens is 420 g/mol. The average molecular weight is 453 g/mol. The number of benzene rings is 3. The molecule has 174 valence electrons. The Hall–Kier alpha value is -3.53. The minimum Gasteiger partial charge on any atom is -0.449 e. The van der Waals surface area contributed by atoms with E-state index in [2.05, 4.69) is 83.0 Å². The maximum absolute atomic E-state index is 11.9. The van der Waals surface area contributed by atoms with Crippen LogP contribution in [0.1, 0.15) is 65.8 Å². The molecule has 0 spiro atoms. The molecule has 3 aromatic rings. The first kappa shape index (κ1) is 22.3. The molecule has 2 aliphatic heterocycles. The number of amides is 1. The van der Waals surface area contributed by atoms with Gasteiger partial charge in [0.1, 0.15) is 0 Å². The van der Waals surface area contributed by atoms with Crippen LogP contribution in [0.2, 0.25) is 0 Å². The van der Waals surface area contributed by atoms with E-state index in [1.54, 1.807) is 6.20 Å². The van der Waals surface area contributed by atoms with E-state index < -0.39 is 6.09 Å². The summed E-state index contributed by atoms with van der Waals surface area (Å²) in [6.45, 7) is 4.58. The van der Waals surface area contributed by atoms with Crippen LogP contribution in [-0.2, 0) is 4.74 Å². The fraction of sp³-hybridized carbons (Fsp3) is 0.300. The molecule has 3 aromatic carbocycles. The number of alkyl carbamates (subject to hydrolysis) is 1. The van der Waals surface area contributed by atoms with Crippen LogP contribution in [0.4, 0.5) is 10.5 Å². The number of anilines is 1. The van der Waals surface area contributed by atoms with Crippen molar-refractivity contribution in [2.45, 2.75) is 38.0 Å². The quantitative estimate of drug-likeness (QED) is 0.454. The lowest BCUT2D eigenvalue weighted by molar-refractivity contribution is 0.150. The Balaban J connectivity index is 1.56. The van der Waals surface area contributed by atoms with Gasteiger partial charge in [-0.2, -0.15) is 0 Å². The van der Waals surface area contributed by atoms with E-state index in [0.29, 0.717) is 18.4 Å². The van der Waals surface area contributed by atoms with Crippen LogP contribution >= 0.6 is 0 Å². The lowest BCUT2D eigenvalue weighted by Gasteiger charge is -2.43. The Kier molecular flexibility index (Phi) is 6.66. The number of hydrogen-bond acceptors (Lipinski definition) is 3. The monoisotopic (exact) mass is 452 g/mol. The standard InChI is InChI=1S/C30H32N2O2/c1-2-19-34-30(33)31-16-13-22-20-27-25(23-9-5-3-6-10-23)14-17-32-18-15-26(28(21-22)29(27)32)24-11-7-4-8-12-24/h3-13,16,20-21,25-26H,2,14-15,17-19H2,1H3,(H,31,33)/b16-13+. The second-order valence-electron chi connectivity index (χ2n) is 9.15. The zero-order valence-electron chi connectivity index (χ0n) is 19.7. The summed E-state index contributed by atoms with van der Waals surface area (Å²) in [7, 11) is 0. The molecule has 2 unspecified atom stereocenters. The number of carbonyl (C=O) groups is 1. The van der Waals surface area contributed by atoms with Crippen molar-refractivity contribution in [1.29, 1.82) is 0 Å². The molecule has 0 radical (unpaired) electrons. The fourth-order valence-corrected chi connectivity index (χ4v) is 5.42. The Morgan fingerprint density at radius 1 is 0.941 bits per heavy atom. The zero-order chi connectivity index (χ0) is 23.3. The summed E-state index contributed by atoms with van der Waals surface area (Å²) in [5.74, 6) is 0.744. The molecule has 0 saturated heterocycles. The van der Waals surface area contributed by atoms with E-state index in [9.17, 15) is 4.79 Å². The topological polar surface area (TPSA) is 41.6 Å². The third kappa shape index (κ3) is 4.58. The molecule has 2 aliphatic rings. The van der Waals surface area contributed by atoms with E-state index in [0.717, 1.165) is 37.9 Å². The van der Waals surface area contributed by atoms with Crippen LogP contribution in [0, 0.1) is 0 Å². The van der Waals surface area contributed by atoms with Gasteiger partial charge in [0, 0.05) is 36.8 Å². The first-order valence-corrected chi connectivity index (χ1v) is 12.4. The summed E-state index contributed by atoms with van der Waals surface area (Å²) in [5.41, 5.74) is 8.04. The lowest BCUT2D eigenvalue weighted by Crippen LogP contribution is -2.37. The van der Waals surface area contributed by atoms with Gasteiger partial charge in [-0.05, 0) is 65.3 Å². The highest BCUT2D eigenvalue weighted by Crippen LogP contribution is 2.48. The highest BCUT2D eigenvalue weighted by molar-refractivity contribution is 5.73. The van der Waals surface area contributed by atoms with E-state index in [-0.39, 0.29) is 0 Å². The van der Waals surface area contributed by atoms with Crippen LogP contribution < -0.4 is 10.2 Å². The van der Waals surface area contributed by atoms with Gasteiger partial charge in [0.05, 0.1) is 6.61 Å². The predicted octanol–water partition coefficient (Wildman–Crippen LogP) is 6.67. The SMILES string of the molecule is CCCOC(=O)N/C=C/c1cc2c3c(c1)C(c1ccccc1)CCN3CCC2c1ccccc1. The summed E-state index contributed by atoms with van der Waals surface area (Å²) in [5, 5.41) is 2.74. The van der Waals surface area contributed by atoms with Gasteiger partial charge < -0.3 is 9.64 Å². The molecular formula is C30H32N2O2. The zero-order valence-corrected chi connectivity index (χ0v) is 19.7. The van der Waals surface area contributed by atoms with E-state index >= 15 is 0 Å². The van der Waals surface area contributed by atoms with Crippen LogP contribution in [0.15, 0.2) is 79.0 Å². The third-order valence-electron chi connectivity index (χ3n) is 6.95. The van der Waals surface area contributed by atoms with Crippen molar-refractivity contribution in [2.75, 3.05) is 24.6 Å². The van der Waals surface area contributed by atoms with Gasteiger partial charge >= 0.3 is 6.09 Å². The second kappa shape index (κ2) is 10.2. The molecule has 0 aliphatic carbocycles. The molecule has 1 N–H and O–H groups in total. The number of nitrogens with zero attached hydrogens (tertiary/aromatic N) is 1. The Labute approximate surface area is 202 Å². The Bertz CT molecular complexity index is 1080. The van der Waals surface area contributed by atoms with Crippen molar-refractivity contribution < 1.29 is 9.53 Å². The van der Waals surface area contributed by atoms with Crippen LogP contribution in [0.5, 0.6) is 0 Å². The third-order valence-corrected chi connectivity index (χ3v) is 6.95. The largest absolute Gasteiger partial charge is 0.449 e. The van der Waals surface area contributed by atoms with Crippen molar-refractivity contribution in [1.82, 2.24) is 5.32 Å². The number of nitrogens with one attached hydrogen (secondary N) is 1. The first-order valence-electron chi connectivity index (χ1n) is 12.4. The molecule has 2 atom stereocenters. The lowest BCUT2D eigenvalue weighted by atomic mass is 9.76. The molecule has 5 rings (SSSR count). The maximum atomic E-state index is 11.9. The molecule has 1 amide bonds. The van der Waals surface area contributed by atoms with Gasteiger partial charge in [0.2, 0.25) is 0 Å². The van der Waals surface area contributed by atoms with Gasteiger partial charge in [-0.15, -0.1) is 0 Å². The van der Waals surface area contributed by atoms with E-state index in [4.69, 9.17) is 4.74 Å². The van der Waals surface area contributed by atoms with Crippen molar-refractivity contribution >= 4 is 17.9 Å². The van der Waals surface area contributed by atoms with E-state index in [1.807, 2.05) is 13.0 Å². The number of carbonyl (C=O) groups excluding carboxylic acids is 1. The molecule has 2 heterocycles. The second-order valence-corrected chi connectivity index (χ2v) is 9.15. The minimum atomic E-state index is -0.409. The van der Waals surface area contributed by atoms with Crippen LogP contribution in [0.3, 0.4) is 0 Å². The van der Waals surface area contributed by atoms with Gasteiger partial charge in [-0.3, -0.25) is 5.32 Å². The van der Waals surface area contributed by atoms with Gasteiger partial charge in [0.25, 0.3) is 0 Å². The van der Waals surface area contributed by atoms with Gasteiger partial charge in [-0.1, -0.05) is 67.6 Å². The summed E-state index contributed by atoms with van der Waals surface area (Å²) < 4.78 is 5.13. The van der Waals surface area contributed by atoms with Crippen molar-refractivity contribution in [2.24, 2.45) is 0 Å². The Morgan fingerprint density at radius 2 is 1.50 bits per heavy atom. The minimum absolute atomic E-state index is 0.372. The molecule has 0 aromatic heterocycles. The highest BCUT2D eigenvalue weighted by atomic mass is 16.5. The molecule has 0 bridgehead atoms.